The monoisotopic (exact) mass is 297 g/mol. The Balaban J connectivity index is 1.95. The van der Waals surface area contributed by atoms with E-state index >= 15 is 0 Å². The molecule has 1 aromatic carbocycles. The lowest BCUT2D eigenvalue weighted by atomic mass is 10.1. The Kier molecular flexibility index (Phi) is 4.60. The van der Waals surface area contributed by atoms with Crippen molar-refractivity contribution in [3.63, 3.8) is 0 Å². The first-order valence-corrected chi connectivity index (χ1v) is 7.11. The predicted octanol–water partition coefficient (Wildman–Crippen LogP) is 3.18. The first-order chi connectivity index (χ1) is 8.15. The summed E-state index contributed by atoms with van der Waals surface area (Å²) < 4.78 is 1.13. The standard InChI is InChI=1S/C14H20BrNO/c1-11(17)9-14-3-2-8-16(14)10-12-4-6-13(15)7-5-12/h4-7,11,14,17H,2-3,8-10H2,1H3. The van der Waals surface area contributed by atoms with Crippen LogP contribution in [-0.4, -0.2) is 28.7 Å². The van der Waals surface area contributed by atoms with E-state index in [-0.39, 0.29) is 6.10 Å². The number of aliphatic hydroxyl groups excluding tert-OH is 1. The van der Waals surface area contributed by atoms with Crippen molar-refractivity contribution in [2.75, 3.05) is 6.54 Å². The molecular weight excluding hydrogens is 278 g/mol. The van der Waals surface area contributed by atoms with Gasteiger partial charge in [-0.1, -0.05) is 28.1 Å². The number of hydrogen-bond acceptors (Lipinski definition) is 2. The van der Waals surface area contributed by atoms with Crippen molar-refractivity contribution in [1.82, 2.24) is 4.90 Å². The van der Waals surface area contributed by atoms with Crippen LogP contribution in [0.2, 0.25) is 0 Å². The first kappa shape index (κ1) is 13.1. The second-order valence-corrected chi connectivity index (χ2v) is 5.89. The van der Waals surface area contributed by atoms with Crippen LogP contribution in [0.5, 0.6) is 0 Å². The van der Waals surface area contributed by atoms with Gasteiger partial charge in [0, 0.05) is 17.1 Å². The number of likely N-dealkylation sites (tertiary alicyclic amines) is 1. The highest BCUT2D eigenvalue weighted by atomic mass is 79.9. The summed E-state index contributed by atoms with van der Waals surface area (Å²) in [5.74, 6) is 0. The topological polar surface area (TPSA) is 23.5 Å². The smallest absolute Gasteiger partial charge is 0.0527 e. The average molecular weight is 298 g/mol. The summed E-state index contributed by atoms with van der Waals surface area (Å²) in [5.41, 5.74) is 1.35. The summed E-state index contributed by atoms with van der Waals surface area (Å²) >= 11 is 3.46. The van der Waals surface area contributed by atoms with Crippen molar-refractivity contribution in [3.05, 3.63) is 34.3 Å². The molecule has 17 heavy (non-hydrogen) atoms. The van der Waals surface area contributed by atoms with E-state index in [1.54, 1.807) is 0 Å². The molecule has 94 valence electrons. The van der Waals surface area contributed by atoms with Crippen molar-refractivity contribution >= 4 is 15.9 Å². The number of halogens is 1. The highest BCUT2D eigenvalue weighted by Crippen LogP contribution is 2.24. The summed E-state index contributed by atoms with van der Waals surface area (Å²) in [6, 6.07) is 9.08. The summed E-state index contributed by atoms with van der Waals surface area (Å²) in [6.07, 6.45) is 3.19. The van der Waals surface area contributed by atoms with Gasteiger partial charge in [0.15, 0.2) is 0 Å². The van der Waals surface area contributed by atoms with Crippen LogP contribution in [0, 0.1) is 0 Å². The summed E-state index contributed by atoms with van der Waals surface area (Å²) in [7, 11) is 0. The first-order valence-electron chi connectivity index (χ1n) is 6.31. The molecule has 1 fully saturated rings. The number of rotatable bonds is 4. The quantitative estimate of drug-likeness (QED) is 0.923. The van der Waals surface area contributed by atoms with E-state index in [0.29, 0.717) is 6.04 Å². The SMILES string of the molecule is CC(O)CC1CCCN1Cc1ccc(Br)cc1. The van der Waals surface area contributed by atoms with Gasteiger partial charge in [-0.05, 0) is 50.4 Å². The van der Waals surface area contributed by atoms with Gasteiger partial charge < -0.3 is 5.11 Å². The molecule has 0 radical (unpaired) electrons. The molecule has 0 bridgehead atoms. The molecule has 0 amide bonds. The Morgan fingerprint density at radius 3 is 2.76 bits per heavy atom. The Bertz CT molecular complexity index is 350. The average Bonchev–Trinajstić information content (AvgIpc) is 2.68. The van der Waals surface area contributed by atoms with Crippen LogP contribution >= 0.6 is 15.9 Å². The van der Waals surface area contributed by atoms with Crippen LogP contribution in [-0.2, 0) is 6.54 Å². The van der Waals surface area contributed by atoms with E-state index < -0.39 is 0 Å². The van der Waals surface area contributed by atoms with Crippen molar-refractivity contribution in [2.24, 2.45) is 0 Å². The molecule has 2 rings (SSSR count). The van der Waals surface area contributed by atoms with Crippen LogP contribution in [0.4, 0.5) is 0 Å². The van der Waals surface area contributed by atoms with Gasteiger partial charge in [0.1, 0.15) is 0 Å². The fourth-order valence-electron chi connectivity index (χ4n) is 2.59. The maximum absolute atomic E-state index is 9.50. The Morgan fingerprint density at radius 2 is 2.12 bits per heavy atom. The minimum absolute atomic E-state index is 0.189. The fraction of sp³-hybridized carbons (Fsp3) is 0.571. The van der Waals surface area contributed by atoms with Gasteiger partial charge in [-0.25, -0.2) is 0 Å². The zero-order chi connectivity index (χ0) is 12.3. The zero-order valence-corrected chi connectivity index (χ0v) is 11.9. The van der Waals surface area contributed by atoms with E-state index in [9.17, 15) is 5.11 Å². The molecule has 2 unspecified atom stereocenters. The van der Waals surface area contributed by atoms with Crippen LogP contribution in [0.15, 0.2) is 28.7 Å². The molecule has 1 heterocycles. The molecule has 2 atom stereocenters. The molecule has 1 N–H and O–H groups in total. The third kappa shape index (κ3) is 3.80. The number of benzene rings is 1. The van der Waals surface area contributed by atoms with Crippen LogP contribution in [0.25, 0.3) is 0 Å². The fourth-order valence-corrected chi connectivity index (χ4v) is 2.85. The Morgan fingerprint density at radius 1 is 1.41 bits per heavy atom. The molecule has 2 nitrogen and oxygen atoms in total. The van der Waals surface area contributed by atoms with Crippen molar-refractivity contribution in [3.8, 4) is 0 Å². The van der Waals surface area contributed by atoms with Gasteiger partial charge in [0.25, 0.3) is 0 Å². The van der Waals surface area contributed by atoms with Crippen LogP contribution < -0.4 is 0 Å². The Labute approximate surface area is 112 Å². The normalized spacial score (nSPS) is 22.9. The highest BCUT2D eigenvalue weighted by Gasteiger charge is 2.25. The van der Waals surface area contributed by atoms with Crippen molar-refractivity contribution in [2.45, 2.75) is 44.9 Å². The van der Waals surface area contributed by atoms with E-state index in [0.717, 1.165) is 24.0 Å². The molecule has 0 aromatic heterocycles. The molecule has 1 aliphatic rings. The van der Waals surface area contributed by atoms with Gasteiger partial charge in [-0.15, -0.1) is 0 Å². The van der Waals surface area contributed by atoms with E-state index in [1.807, 2.05) is 6.92 Å². The molecule has 1 saturated heterocycles. The maximum atomic E-state index is 9.50. The molecule has 0 spiro atoms. The minimum atomic E-state index is -0.189. The number of aliphatic hydroxyl groups is 1. The molecule has 1 aliphatic heterocycles. The molecule has 0 aliphatic carbocycles. The largest absolute Gasteiger partial charge is 0.393 e. The number of hydrogen-bond donors (Lipinski definition) is 1. The van der Waals surface area contributed by atoms with Crippen molar-refractivity contribution in [1.29, 1.82) is 0 Å². The summed E-state index contributed by atoms with van der Waals surface area (Å²) in [6.45, 7) is 4.05. The lowest BCUT2D eigenvalue weighted by Gasteiger charge is -2.25. The third-order valence-electron chi connectivity index (χ3n) is 3.41. The van der Waals surface area contributed by atoms with E-state index in [2.05, 4.69) is 45.1 Å². The van der Waals surface area contributed by atoms with Crippen LogP contribution in [0.3, 0.4) is 0 Å². The second-order valence-electron chi connectivity index (χ2n) is 4.98. The zero-order valence-electron chi connectivity index (χ0n) is 10.3. The number of nitrogens with zero attached hydrogens (tertiary/aromatic N) is 1. The lowest BCUT2D eigenvalue weighted by molar-refractivity contribution is 0.131. The molecule has 3 heteroatoms. The maximum Gasteiger partial charge on any atom is 0.0527 e. The van der Waals surface area contributed by atoms with E-state index in [4.69, 9.17) is 0 Å². The van der Waals surface area contributed by atoms with Crippen molar-refractivity contribution < 1.29 is 5.11 Å². The summed E-state index contributed by atoms with van der Waals surface area (Å²) in [4.78, 5) is 2.50. The van der Waals surface area contributed by atoms with Gasteiger partial charge in [0.05, 0.1) is 6.10 Å². The third-order valence-corrected chi connectivity index (χ3v) is 3.94. The molecule has 0 saturated carbocycles. The van der Waals surface area contributed by atoms with Gasteiger partial charge in [0.2, 0.25) is 0 Å². The lowest BCUT2D eigenvalue weighted by Crippen LogP contribution is -2.31. The van der Waals surface area contributed by atoms with Crippen LogP contribution in [0.1, 0.15) is 31.7 Å². The highest BCUT2D eigenvalue weighted by molar-refractivity contribution is 9.10. The minimum Gasteiger partial charge on any atom is -0.393 e. The predicted molar refractivity (Wildman–Crippen MR) is 73.9 cm³/mol. The summed E-state index contributed by atoms with van der Waals surface area (Å²) in [5, 5.41) is 9.50. The van der Waals surface area contributed by atoms with Gasteiger partial charge >= 0.3 is 0 Å². The molecule has 1 aromatic rings. The second kappa shape index (κ2) is 5.98. The van der Waals surface area contributed by atoms with E-state index in [1.165, 1.54) is 18.4 Å². The van der Waals surface area contributed by atoms with Gasteiger partial charge in [-0.2, -0.15) is 0 Å². The molecular formula is C14H20BrNO. The van der Waals surface area contributed by atoms with Gasteiger partial charge in [-0.3, -0.25) is 4.90 Å². The Hall–Kier alpha value is -0.380.